The molecule has 0 saturated carbocycles. The van der Waals surface area contributed by atoms with Crippen molar-refractivity contribution in [3.8, 4) is 0 Å². The van der Waals surface area contributed by atoms with Gasteiger partial charge in [-0.3, -0.25) is 0 Å². The van der Waals surface area contributed by atoms with Crippen LogP contribution in [0.25, 0.3) is 0 Å². The van der Waals surface area contributed by atoms with Crippen molar-refractivity contribution < 1.29 is 0 Å². The first-order valence-electron chi connectivity index (χ1n) is 6.09. The lowest BCUT2D eigenvalue weighted by Gasteiger charge is -2.23. The summed E-state index contributed by atoms with van der Waals surface area (Å²) in [5.41, 5.74) is 0. The molecule has 1 fully saturated rings. The van der Waals surface area contributed by atoms with E-state index < -0.39 is 0 Å². The summed E-state index contributed by atoms with van der Waals surface area (Å²) in [6, 6.07) is 0.610. The lowest BCUT2D eigenvalue weighted by atomic mass is 10.2. The van der Waals surface area contributed by atoms with E-state index in [9.17, 15) is 0 Å². The molecular weight excluding hydrogens is 220 g/mol. The van der Waals surface area contributed by atoms with Crippen LogP contribution in [0.5, 0.6) is 0 Å². The Balaban J connectivity index is 1.92. The van der Waals surface area contributed by atoms with E-state index in [1.165, 1.54) is 30.8 Å². The van der Waals surface area contributed by atoms with Crippen LogP contribution in [0.2, 0.25) is 0 Å². The van der Waals surface area contributed by atoms with Crippen molar-refractivity contribution in [1.82, 2.24) is 14.7 Å². The van der Waals surface area contributed by atoms with Crippen molar-refractivity contribution in [1.29, 1.82) is 0 Å². The summed E-state index contributed by atoms with van der Waals surface area (Å²) in [7, 11) is 0. The Bertz CT molecular complexity index is 326. The minimum Gasteiger partial charge on any atom is -0.343 e. The molecule has 0 aromatic carbocycles. The second-order valence-electron chi connectivity index (χ2n) is 4.32. The number of hydrogen-bond donors (Lipinski definition) is 1. The smallest absolute Gasteiger partial charge is 0.205 e. The Morgan fingerprint density at radius 3 is 3.12 bits per heavy atom. The van der Waals surface area contributed by atoms with Crippen LogP contribution in [0.15, 0.2) is 0 Å². The fourth-order valence-electron chi connectivity index (χ4n) is 2.15. The summed E-state index contributed by atoms with van der Waals surface area (Å²) in [5.74, 6) is 0.896. The van der Waals surface area contributed by atoms with Crippen molar-refractivity contribution in [3.63, 3.8) is 0 Å². The van der Waals surface area contributed by atoms with Crippen LogP contribution in [-0.2, 0) is 0 Å². The first-order chi connectivity index (χ1) is 7.81. The predicted molar refractivity (Wildman–Crippen MR) is 68.2 cm³/mol. The normalized spacial score (nSPS) is 20.6. The van der Waals surface area contributed by atoms with Gasteiger partial charge in [0.05, 0.1) is 0 Å². The third kappa shape index (κ3) is 2.71. The zero-order chi connectivity index (χ0) is 11.4. The first kappa shape index (κ1) is 11.8. The van der Waals surface area contributed by atoms with Crippen LogP contribution in [-0.4, -0.2) is 35.0 Å². The summed E-state index contributed by atoms with van der Waals surface area (Å²) in [6.45, 7) is 7.48. The maximum Gasteiger partial charge on any atom is 0.205 e. The SMILES string of the molecule is CCCNCC1CCCN1c1nc(C)ns1. The van der Waals surface area contributed by atoms with E-state index >= 15 is 0 Å². The average Bonchev–Trinajstić information content (AvgIpc) is 2.87. The highest BCUT2D eigenvalue weighted by atomic mass is 32.1. The van der Waals surface area contributed by atoms with Crippen molar-refractivity contribution in [3.05, 3.63) is 5.82 Å². The zero-order valence-electron chi connectivity index (χ0n) is 10.1. The lowest BCUT2D eigenvalue weighted by Crippen LogP contribution is -2.38. The highest BCUT2D eigenvalue weighted by Gasteiger charge is 2.26. The third-order valence-electron chi connectivity index (χ3n) is 2.95. The molecule has 0 amide bonds. The Morgan fingerprint density at radius 2 is 2.44 bits per heavy atom. The molecule has 1 aromatic heterocycles. The van der Waals surface area contributed by atoms with Crippen LogP contribution in [0, 0.1) is 6.92 Å². The number of aromatic nitrogens is 2. The number of aryl methyl sites for hydroxylation is 1. The molecule has 1 aliphatic rings. The fourth-order valence-corrected chi connectivity index (χ4v) is 2.92. The van der Waals surface area contributed by atoms with E-state index in [0.29, 0.717) is 6.04 Å². The molecular formula is C11H20N4S. The van der Waals surface area contributed by atoms with Gasteiger partial charge in [0.2, 0.25) is 5.13 Å². The lowest BCUT2D eigenvalue weighted by molar-refractivity contribution is 0.570. The molecule has 4 nitrogen and oxygen atoms in total. The monoisotopic (exact) mass is 240 g/mol. The summed E-state index contributed by atoms with van der Waals surface area (Å²) in [4.78, 5) is 6.89. The molecule has 0 aliphatic carbocycles. The van der Waals surface area contributed by atoms with Crippen molar-refractivity contribution in [2.75, 3.05) is 24.5 Å². The summed E-state index contributed by atoms with van der Waals surface area (Å²) in [5, 5.41) is 4.59. The van der Waals surface area contributed by atoms with E-state index in [1.807, 2.05) is 6.92 Å². The minimum atomic E-state index is 0.610. The zero-order valence-corrected chi connectivity index (χ0v) is 10.9. The molecule has 1 saturated heterocycles. The van der Waals surface area contributed by atoms with Gasteiger partial charge in [-0.2, -0.15) is 4.37 Å². The Kier molecular flexibility index (Phi) is 4.12. The minimum absolute atomic E-state index is 0.610. The van der Waals surface area contributed by atoms with Gasteiger partial charge in [-0.1, -0.05) is 6.92 Å². The van der Waals surface area contributed by atoms with Gasteiger partial charge in [0, 0.05) is 30.7 Å². The Labute approximate surface area is 101 Å². The molecule has 90 valence electrons. The fraction of sp³-hybridized carbons (Fsp3) is 0.818. The van der Waals surface area contributed by atoms with Gasteiger partial charge in [-0.05, 0) is 32.7 Å². The van der Waals surface area contributed by atoms with Gasteiger partial charge in [0.15, 0.2) is 0 Å². The van der Waals surface area contributed by atoms with Gasteiger partial charge in [0.1, 0.15) is 5.82 Å². The molecule has 2 heterocycles. The molecule has 1 N–H and O–H groups in total. The highest BCUT2D eigenvalue weighted by molar-refractivity contribution is 7.09. The molecule has 16 heavy (non-hydrogen) atoms. The van der Waals surface area contributed by atoms with Crippen molar-refractivity contribution >= 4 is 16.7 Å². The van der Waals surface area contributed by atoms with Crippen LogP contribution < -0.4 is 10.2 Å². The molecule has 1 unspecified atom stereocenters. The summed E-state index contributed by atoms with van der Waals surface area (Å²) < 4.78 is 4.26. The number of nitrogens with zero attached hydrogens (tertiary/aromatic N) is 3. The first-order valence-corrected chi connectivity index (χ1v) is 6.86. The van der Waals surface area contributed by atoms with E-state index in [0.717, 1.165) is 30.6 Å². The van der Waals surface area contributed by atoms with Crippen molar-refractivity contribution in [2.24, 2.45) is 0 Å². The summed E-state index contributed by atoms with van der Waals surface area (Å²) in [6.07, 6.45) is 3.75. The van der Waals surface area contributed by atoms with Gasteiger partial charge >= 0.3 is 0 Å². The molecule has 0 bridgehead atoms. The molecule has 5 heteroatoms. The summed E-state index contributed by atoms with van der Waals surface area (Å²) >= 11 is 1.53. The number of hydrogen-bond acceptors (Lipinski definition) is 5. The largest absolute Gasteiger partial charge is 0.343 e. The maximum absolute atomic E-state index is 4.48. The second-order valence-corrected chi connectivity index (χ2v) is 5.05. The predicted octanol–water partition coefficient (Wildman–Crippen LogP) is 1.81. The second kappa shape index (κ2) is 5.59. The standard InChI is InChI=1S/C11H20N4S/c1-3-6-12-8-10-5-4-7-15(10)11-13-9(2)14-16-11/h10,12H,3-8H2,1-2H3. The van der Waals surface area contributed by atoms with Gasteiger partial charge < -0.3 is 10.2 Å². The number of nitrogens with one attached hydrogen (secondary N) is 1. The van der Waals surface area contributed by atoms with Gasteiger partial charge in [-0.25, -0.2) is 4.98 Å². The molecule has 0 spiro atoms. The molecule has 1 atom stereocenters. The highest BCUT2D eigenvalue weighted by Crippen LogP contribution is 2.26. The number of rotatable bonds is 5. The maximum atomic E-state index is 4.48. The van der Waals surface area contributed by atoms with Gasteiger partial charge in [-0.15, -0.1) is 0 Å². The van der Waals surface area contributed by atoms with E-state index in [-0.39, 0.29) is 0 Å². The third-order valence-corrected chi connectivity index (χ3v) is 3.79. The van der Waals surface area contributed by atoms with Crippen LogP contribution in [0.3, 0.4) is 0 Å². The van der Waals surface area contributed by atoms with Crippen LogP contribution in [0.4, 0.5) is 5.13 Å². The van der Waals surface area contributed by atoms with Crippen molar-refractivity contribution in [2.45, 2.75) is 39.2 Å². The van der Waals surface area contributed by atoms with E-state index in [2.05, 4.69) is 26.5 Å². The van der Waals surface area contributed by atoms with E-state index in [1.54, 1.807) is 0 Å². The topological polar surface area (TPSA) is 41.0 Å². The number of anilines is 1. The van der Waals surface area contributed by atoms with Crippen LogP contribution in [0.1, 0.15) is 32.0 Å². The molecule has 1 aromatic rings. The Hall–Kier alpha value is -0.680. The van der Waals surface area contributed by atoms with E-state index in [4.69, 9.17) is 0 Å². The molecule has 0 radical (unpaired) electrons. The Morgan fingerprint density at radius 1 is 1.56 bits per heavy atom. The molecule has 2 rings (SSSR count). The van der Waals surface area contributed by atoms with Crippen LogP contribution >= 0.6 is 11.5 Å². The van der Waals surface area contributed by atoms with Gasteiger partial charge in [0.25, 0.3) is 0 Å². The average molecular weight is 240 g/mol. The molecule has 1 aliphatic heterocycles. The quantitative estimate of drug-likeness (QED) is 0.797.